The molecule has 0 atom stereocenters. The first-order valence-corrected chi connectivity index (χ1v) is 8.58. The molecule has 8 heteroatoms. The minimum Gasteiger partial charge on any atom is -0.431 e. The highest BCUT2D eigenvalue weighted by atomic mass is 32.1. The second-order valence-electron chi connectivity index (χ2n) is 5.67. The normalized spacial score (nSPS) is 15.5. The van der Waals surface area contributed by atoms with Crippen LogP contribution in [-0.2, 0) is 0 Å². The van der Waals surface area contributed by atoms with Crippen LogP contribution in [-0.4, -0.2) is 21.2 Å². The summed E-state index contributed by atoms with van der Waals surface area (Å²) >= 11 is 1.27. The van der Waals surface area contributed by atoms with Crippen LogP contribution in [0.1, 0.15) is 37.3 Å². The maximum Gasteiger partial charge on any atom is 0.387 e. The number of aromatic nitrogens is 3. The minimum absolute atomic E-state index is 0.0213. The van der Waals surface area contributed by atoms with Crippen molar-refractivity contribution < 1.29 is 18.3 Å². The smallest absolute Gasteiger partial charge is 0.387 e. The van der Waals surface area contributed by atoms with Crippen LogP contribution in [0.3, 0.4) is 0 Å². The summed E-state index contributed by atoms with van der Waals surface area (Å²) in [5.41, 5.74) is 1.07. The summed E-state index contributed by atoms with van der Waals surface area (Å²) in [7, 11) is 0. The predicted octanol–water partition coefficient (Wildman–Crippen LogP) is 4.84. The van der Waals surface area contributed by atoms with Gasteiger partial charge in [0, 0.05) is 5.92 Å². The van der Waals surface area contributed by atoms with Crippen molar-refractivity contribution in [1.82, 2.24) is 14.6 Å². The Morgan fingerprint density at radius 2 is 1.92 bits per heavy atom. The Balaban J connectivity index is 1.56. The van der Waals surface area contributed by atoms with Crippen molar-refractivity contribution in [3.63, 3.8) is 0 Å². The average Bonchev–Trinajstić information content (AvgIpc) is 3.23. The van der Waals surface area contributed by atoms with Gasteiger partial charge in [-0.25, -0.2) is 9.50 Å². The number of benzene rings is 1. The Bertz CT molecular complexity index is 811. The maximum absolute atomic E-state index is 12.4. The van der Waals surface area contributed by atoms with E-state index in [1.54, 1.807) is 22.7 Å². The first-order chi connectivity index (χ1) is 11.7. The van der Waals surface area contributed by atoms with Gasteiger partial charge in [0.15, 0.2) is 11.5 Å². The number of rotatable bonds is 5. The van der Waals surface area contributed by atoms with Crippen molar-refractivity contribution in [3.05, 3.63) is 36.2 Å². The molecule has 1 aliphatic carbocycles. The quantitative estimate of drug-likeness (QED) is 0.660. The highest BCUT2D eigenvalue weighted by Gasteiger charge is 2.21. The number of para-hydroxylation sites is 2. The van der Waals surface area contributed by atoms with E-state index in [1.807, 2.05) is 6.20 Å². The molecule has 2 aromatic heterocycles. The van der Waals surface area contributed by atoms with Crippen molar-refractivity contribution >= 4 is 16.3 Å². The summed E-state index contributed by atoms with van der Waals surface area (Å²) in [5, 5.41) is 4.66. The van der Waals surface area contributed by atoms with E-state index in [9.17, 15) is 8.78 Å². The van der Waals surface area contributed by atoms with E-state index in [1.165, 1.54) is 43.1 Å². The molecule has 0 unspecified atom stereocenters. The standard InChI is InChI=1S/C16H15F2N3O2S/c17-14(18)22-12-7-3-4-8-13(12)23-16-20-21-9-11(19-15(21)24-16)10-5-1-2-6-10/h3-4,7-10,14H,1-2,5-6H2. The molecule has 0 amide bonds. The van der Waals surface area contributed by atoms with Gasteiger partial charge < -0.3 is 9.47 Å². The van der Waals surface area contributed by atoms with Crippen molar-refractivity contribution in [2.24, 2.45) is 0 Å². The SMILES string of the molecule is FC(F)Oc1ccccc1Oc1nn2cc(C3CCCC3)nc2s1. The number of imidazole rings is 1. The van der Waals surface area contributed by atoms with Crippen molar-refractivity contribution in [1.29, 1.82) is 0 Å². The van der Waals surface area contributed by atoms with Crippen LogP contribution in [0.4, 0.5) is 8.78 Å². The number of fused-ring (bicyclic) bond motifs is 1. The summed E-state index contributed by atoms with van der Waals surface area (Å²) < 4.78 is 36.6. The van der Waals surface area contributed by atoms with E-state index in [4.69, 9.17) is 4.74 Å². The van der Waals surface area contributed by atoms with Gasteiger partial charge in [0.05, 0.1) is 11.9 Å². The summed E-state index contributed by atoms with van der Waals surface area (Å²) in [4.78, 5) is 5.35. The predicted molar refractivity (Wildman–Crippen MR) is 85.2 cm³/mol. The molecule has 0 radical (unpaired) electrons. The number of hydrogen-bond acceptors (Lipinski definition) is 5. The first-order valence-electron chi connectivity index (χ1n) is 7.77. The second-order valence-corrected chi connectivity index (χ2v) is 6.59. The molecule has 24 heavy (non-hydrogen) atoms. The van der Waals surface area contributed by atoms with Gasteiger partial charge in [0.1, 0.15) is 0 Å². The molecule has 3 aromatic rings. The van der Waals surface area contributed by atoms with E-state index in [0.717, 1.165) is 10.7 Å². The van der Waals surface area contributed by atoms with E-state index in [2.05, 4.69) is 14.8 Å². The lowest BCUT2D eigenvalue weighted by molar-refractivity contribution is -0.0510. The second kappa shape index (κ2) is 6.35. The molecule has 0 N–H and O–H groups in total. The molecular weight excluding hydrogens is 336 g/mol. The van der Waals surface area contributed by atoms with Gasteiger partial charge >= 0.3 is 6.61 Å². The third-order valence-electron chi connectivity index (χ3n) is 4.08. The fraction of sp³-hybridized carbons (Fsp3) is 0.375. The summed E-state index contributed by atoms with van der Waals surface area (Å²) in [5.74, 6) is 0.696. The molecule has 126 valence electrons. The Morgan fingerprint density at radius 1 is 1.17 bits per heavy atom. The Kier molecular flexibility index (Phi) is 4.05. The van der Waals surface area contributed by atoms with Crippen molar-refractivity contribution in [3.8, 4) is 16.7 Å². The minimum atomic E-state index is -2.91. The zero-order chi connectivity index (χ0) is 16.5. The molecule has 0 aliphatic heterocycles. The summed E-state index contributed by atoms with van der Waals surface area (Å²) in [6.45, 7) is -2.91. The molecule has 0 spiro atoms. The number of hydrogen-bond donors (Lipinski definition) is 0. The molecule has 0 saturated heterocycles. The van der Waals surface area contributed by atoms with Gasteiger partial charge in [0.25, 0.3) is 5.19 Å². The number of nitrogens with zero attached hydrogens (tertiary/aromatic N) is 3. The molecular formula is C16H15F2N3O2S. The Labute approximate surface area is 140 Å². The van der Waals surface area contributed by atoms with Crippen LogP contribution in [0.25, 0.3) is 4.96 Å². The van der Waals surface area contributed by atoms with Crippen LogP contribution in [0, 0.1) is 0 Å². The first kappa shape index (κ1) is 15.3. The Hall–Kier alpha value is -2.22. The molecule has 2 heterocycles. The van der Waals surface area contributed by atoms with E-state index in [0.29, 0.717) is 11.1 Å². The molecule has 1 aliphatic rings. The average molecular weight is 351 g/mol. The van der Waals surface area contributed by atoms with E-state index < -0.39 is 6.61 Å². The number of ether oxygens (including phenoxy) is 2. The lowest BCUT2D eigenvalue weighted by Gasteiger charge is -2.09. The molecule has 1 saturated carbocycles. The summed E-state index contributed by atoms with van der Waals surface area (Å²) in [6, 6.07) is 6.28. The van der Waals surface area contributed by atoms with Gasteiger partial charge in [-0.1, -0.05) is 25.0 Å². The highest BCUT2D eigenvalue weighted by molar-refractivity contribution is 7.18. The molecule has 4 rings (SSSR count). The monoisotopic (exact) mass is 351 g/mol. The third-order valence-corrected chi connectivity index (χ3v) is 4.88. The third kappa shape index (κ3) is 3.06. The van der Waals surface area contributed by atoms with Crippen molar-refractivity contribution in [2.45, 2.75) is 38.2 Å². The van der Waals surface area contributed by atoms with Crippen LogP contribution < -0.4 is 9.47 Å². The van der Waals surface area contributed by atoms with E-state index in [-0.39, 0.29) is 11.5 Å². The lowest BCUT2D eigenvalue weighted by atomic mass is 10.1. The zero-order valence-electron chi connectivity index (χ0n) is 12.7. The number of halogens is 2. The lowest BCUT2D eigenvalue weighted by Crippen LogP contribution is -2.03. The van der Waals surface area contributed by atoms with Crippen LogP contribution in [0.2, 0.25) is 0 Å². The molecule has 0 bridgehead atoms. The largest absolute Gasteiger partial charge is 0.431 e. The zero-order valence-corrected chi connectivity index (χ0v) is 13.5. The molecule has 5 nitrogen and oxygen atoms in total. The highest BCUT2D eigenvalue weighted by Crippen LogP contribution is 2.37. The van der Waals surface area contributed by atoms with E-state index >= 15 is 0 Å². The van der Waals surface area contributed by atoms with Crippen LogP contribution >= 0.6 is 11.3 Å². The topological polar surface area (TPSA) is 48.7 Å². The number of alkyl halides is 2. The van der Waals surface area contributed by atoms with Crippen LogP contribution in [0.5, 0.6) is 16.7 Å². The molecule has 1 aromatic carbocycles. The van der Waals surface area contributed by atoms with Gasteiger partial charge in [-0.2, -0.15) is 8.78 Å². The fourth-order valence-electron chi connectivity index (χ4n) is 2.98. The Morgan fingerprint density at radius 3 is 2.62 bits per heavy atom. The summed E-state index contributed by atoms with van der Waals surface area (Å²) in [6.07, 6.45) is 6.77. The van der Waals surface area contributed by atoms with Crippen LogP contribution in [0.15, 0.2) is 30.5 Å². The maximum atomic E-state index is 12.4. The van der Waals surface area contributed by atoms with Crippen molar-refractivity contribution in [2.75, 3.05) is 0 Å². The fourth-order valence-corrected chi connectivity index (χ4v) is 3.73. The van der Waals surface area contributed by atoms with Gasteiger partial charge in [0.2, 0.25) is 4.96 Å². The van der Waals surface area contributed by atoms with Gasteiger partial charge in [-0.05, 0) is 36.3 Å². The molecule has 1 fully saturated rings. The van der Waals surface area contributed by atoms with Gasteiger partial charge in [-0.15, -0.1) is 5.10 Å². The van der Waals surface area contributed by atoms with Gasteiger partial charge in [-0.3, -0.25) is 0 Å².